The minimum atomic E-state index is -0.0711. The fourth-order valence-corrected chi connectivity index (χ4v) is 2.94. The number of tetrazole rings is 1. The molecule has 7 nitrogen and oxygen atoms in total. The van der Waals surface area contributed by atoms with Crippen LogP contribution in [0.1, 0.15) is 17.5 Å². The van der Waals surface area contributed by atoms with Crippen LogP contribution in [0.15, 0.2) is 23.4 Å². The van der Waals surface area contributed by atoms with E-state index in [-0.39, 0.29) is 18.1 Å². The third-order valence-electron chi connectivity index (χ3n) is 3.17. The lowest BCUT2D eigenvalue weighted by molar-refractivity contribution is -0.116. The number of hydrogen-bond acceptors (Lipinski definition) is 6. The van der Waals surface area contributed by atoms with Crippen LogP contribution in [0, 0.1) is 25.2 Å². The van der Waals surface area contributed by atoms with Gasteiger partial charge in [-0.3, -0.25) is 4.79 Å². The lowest BCUT2D eigenvalue weighted by Crippen LogP contribution is -2.33. The van der Waals surface area contributed by atoms with Gasteiger partial charge in [-0.15, -0.1) is 5.10 Å². The number of benzene rings is 1. The van der Waals surface area contributed by atoms with Gasteiger partial charge in [0.05, 0.1) is 18.2 Å². The van der Waals surface area contributed by atoms with Crippen LogP contribution in [0.3, 0.4) is 0 Å². The smallest absolute Gasteiger partial charge is 0.237 e. The molecule has 0 atom stereocenters. The van der Waals surface area contributed by atoms with E-state index in [2.05, 4.69) is 27.7 Å². The Kier molecular flexibility index (Phi) is 5.71. The first-order valence-electron chi connectivity index (χ1n) is 7.12. The summed E-state index contributed by atoms with van der Waals surface area (Å²) in [6.07, 6.45) is 0.287. The first kappa shape index (κ1) is 17.0. The summed E-state index contributed by atoms with van der Waals surface area (Å²) in [5.74, 6) is 0.144. The van der Waals surface area contributed by atoms with Gasteiger partial charge in [-0.05, 0) is 47.5 Å². The lowest BCUT2D eigenvalue weighted by Gasteiger charge is -2.22. The van der Waals surface area contributed by atoms with E-state index in [9.17, 15) is 4.79 Å². The second kappa shape index (κ2) is 7.74. The number of nitrogens with zero attached hydrogens (tertiary/aromatic N) is 6. The van der Waals surface area contributed by atoms with Crippen molar-refractivity contribution in [1.29, 1.82) is 5.26 Å². The predicted molar refractivity (Wildman–Crippen MR) is 88.0 cm³/mol. The second-order valence-corrected chi connectivity index (χ2v) is 6.12. The zero-order chi connectivity index (χ0) is 16.8. The van der Waals surface area contributed by atoms with Gasteiger partial charge in [0.25, 0.3) is 0 Å². The molecule has 1 amide bonds. The maximum atomic E-state index is 12.6. The van der Waals surface area contributed by atoms with Crippen LogP contribution in [-0.4, -0.2) is 38.4 Å². The topological polar surface area (TPSA) is 87.7 Å². The Hall–Kier alpha value is -2.40. The van der Waals surface area contributed by atoms with Gasteiger partial charge in [0.1, 0.15) is 0 Å². The summed E-state index contributed by atoms with van der Waals surface area (Å²) < 4.78 is 1.52. The fraction of sp³-hybridized carbons (Fsp3) is 0.400. The minimum Gasteiger partial charge on any atom is -0.311 e. The molecule has 0 bridgehead atoms. The van der Waals surface area contributed by atoms with Crippen molar-refractivity contribution in [2.75, 3.05) is 17.2 Å². The van der Waals surface area contributed by atoms with Crippen molar-refractivity contribution in [3.05, 3.63) is 29.3 Å². The Morgan fingerprint density at radius 3 is 2.61 bits per heavy atom. The Bertz CT molecular complexity index is 716. The summed E-state index contributed by atoms with van der Waals surface area (Å²) in [6.45, 7) is 4.35. The van der Waals surface area contributed by atoms with Gasteiger partial charge in [0.15, 0.2) is 0 Å². The van der Waals surface area contributed by atoms with E-state index in [1.165, 1.54) is 16.4 Å². The summed E-state index contributed by atoms with van der Waals surface area (Å²) in [5, 5.41) is 20.6. The maximum absolute atomic E-state index is 12.6. The standard InChI is InChI=1S/C15H18N6OS/c1-11-7-12(2)9-13(8-11)21(6-4-5-16)14(22)10-23-15-17-18-19-20(15)3/h7-9H,4,6,10H2,1-3H3. The number of nitriles is 1. The molecule has 0 unspecified atom stereocenters. The van der Waals surface area contributed by atoms with Crippen LogP contribution in [0.4, 0.5) is 5.69 Å². The van der Waals surface area contributed by atoms with E-state index in [0.717, 1.165) is 16.8 Å². The van der Waals surface area contributed by atoms with Crippen molar-refractivity contribution in [2.24, 2.45) is 7.05 Å². The van der Waals surface area contributed by atoms with Crippen LogP contribution in [0.25, 0.3) is 0 Å². The molecule has 0 fully saturated rings. The monoisotopic (exact) mass is 330 g/mol. The Morgan fingerprint density at radius 1 is 1.35 bits per heavy atom. The second-order valence-electron chi connectivity index (χ2n) is 5.17. The summed E-state index contributed by atoms with van der Waals surface area (Å²) >= 11 is 1.28. The largest absolute Gasteiger partial charge is 0.311 e. The summed E-state index contributed by atoms with van der Waals surface area (Å²) in [5.41, 5.74) is 2.99. The molecule has 0 N–H and O–H groups in total. The van der Waals surface area contributed by atoms with E-state index < -0.39 is 0 Å². The van der Waals surface area contributed by atoms with Crippen molar-refractivity contribution < 1.29 is 4.79 Å². The molecular formula is C15H18N6OS. The summed E-state index contributed by atoms with van der Waals surface area (Å²) in [6, 6.07) is 8.06. The third kappa shape index (κ3) is 4.53. The average Bonchev–Trinajstić information content (AvgIpc) is 2.90. The highest BCUT2D eigenvalue weighted by Gasteiger charge is 2.17. The molecular weight excluding hydrogens is 312 g/mol. The van der Waals surface area contributed by atoms with E-state index in [0.29, 0.717) is 11.7 Å². The van der Waals surface area contributed by atoms with Crippen molar-refractivity contribution in [1.82, 2.24) is 20.2 Å². The van der Waals surface area contributed by atoms with Crippen molar-refractivity contribution in [3.63, 3.8) is 0 Å². The van der Waals surface area contributed by atoms with Gasteiger partial charge in [0.2, 0.25) is 11.1 Å². The van der Waals surface area contributed by atoms with Crippen LogP contribution < -0.4 is 4.90 Å². The quantitative estimate of drug-likeness (QED) is 0.751. The molecule has 120 valence electrons. The molecule has 1 aromatic carbocycles. The number of carbonyl (C=O) groups is 1. The molecule has 0 spiro atoms. The number of thioether (sulfide) groups is 1. The Balaban J connectivity index is 2.15. The summed E-state index contributed by atoms with van der Waals surface area (Å²) in [4.78, 5) is 14.2. The van der Waals surface area contributed by atoms with E-state index in [1.807, 2.05) is 26.0 Å². The van der Waals surface area contributed by atoms with Gasteiger partial charge in [-0.2, -0.15) is 5.26 Å². The van der Waals surface area contributed by atoms with Crippen molar-refractivity contribution in [2.45, 2.75) is 25.4 Å². The number of rotatable bonds is 6. The van der Waals surface area contributed by atoms with E-state index in [1.54, 1.807) is 11.9 Å². The molecule has 1 heterocycles. The summed E-state index contributed by atoms with van der Waals surface area (Å²) in [7, 11) is 1.73. The lowest BCUT2D eigenvalue weighted by atomic mass is 10.1. The molecule has 2 rings (SSSR count). The van der Waals surface area contributed by atoms with Gasteiger partial charge in [0, 0.05) is 19.3 Å². The van der Waals surface area contributed by atoms with Crippen LogP contribution in [0.5, 0.6) is 0 Å². The first-order valence-corrected chi connectivity index (χ1v) is 8.10. The van der Waals surface area contributed by atoms with Gasteiger partial charge < -0.3 is 4.90 Å². The maximum Gasteiger partial charge on any atom is 0.237 e. The molecule has 0 aliphatic carbocycles. The zero-order valence-corrected chi connectivity index (χ0v) is 14.2. The number of aryl methyl sites for hydroxylation is 3. The molecule has 2 aromatic rings. The highest BCUT2D eigenvalue weighted by atomic mass is 32.2. The molecule has 0 aliphatic rings. The molecule has 1 aromatic heterocycles. The Labute approximate surface area is 139 Å². The Morgan fingerprint density at radius 2 is 2.04 bits per heavy atom. The SMILES string of the molecule is Cc1cc(C)cc(N(CCC#N)C(=O)CSc2nnnn2C)c1. The van der Waals surface area contributed by atoms with Gasteiger partial charge in [-0.1, -0.05) is 17.8 Å². The van der Waals surface area contributed by atoms with Gasteiger partial charge in [-0.25, -0.2) is 4.68 Å². The van der Waals surface area contributed by atoms with Crippen molar-refractivity contribution in [3.8, 4) is 6.07 Å². The fourth-order valence-electron chi connectivity index (χ4n) is 2.21. The minimum absolute atomic E-state index is 0.0711. The first-order chi connectivity index (χ1) is 11.0. The third-order valence-corrected chi connectivity index (χ3v) is 4.17. The highest BCUT2D eigenvalue weighted by molar-refractivity contribution is 7.99. The zero-order valence-electron chi connectivity index (χ0n) is 13.4. The highest BCUT2D eigenvalue weighted by Crippen LogP contribution is 2.21. The van der Waals surface area contributed by atoms with Crippen LogP contribution in [-0.2, 0) is 11.8 Å². The molecule has 23 heavy (non-hydrogen) atoms. The van der Waals surface area contributed by atoms with E-state index in [4.69, 9.17) is 5.26 Å². The molecule has 0 radical (unpaired) electrons. The molecule has 0 aliphatic heterocycles. The van der Waals surface area contributed by atoms with Crippen LogP contribution >= 0.6 is 11.8 Å². The molecule has 8 heteroatoms. The normalized spacial score (nSPS) is 10.3. The van der Waals surface area contributed by atoms with Crippen molar-refractivity contribution >= 4 is 23.4 Å². The number of hydrogen-bond donors (Lipinski definition) is 0. The number of aromatic nitrogens is 4. The number of amides is 1. The average molecular weight is 330 g/mol. The van der Waals surface area contributed by atoms with E-state index >= 15 is 0 Å². The molecule has 0 saturated carbocycles. The molecule has 0 saturated heterocycles. The predicted octanol–water partition coefficient (Wildman–Crippen LogP) is 1.87. The van der Waals surface area contributed by atoms with Crippen LogP contribution in [0.2, 0.25) is 0 Å². The number of carbonyl (C=O) groups excluding carboxylic acids is 1. The van der Waals surface area contributed by atoms with Gasteiger partial charge >= 0.3 is 0 Å². The number of anilines is 1.